The third-order valence-electron chi connectivity index (χ3n) is 3.94. The first-order valence-electron chi connectivity index (χ1n) is 8.10. The molecular formula is C19H20N4O. The second-order valence-electron chi connectivity index (χ2n) is 5.47. The van der Waals surface area contributed by atoms with Gasteiger partial charge in [0.1, 0.15) is 0 Å². The number of benzene rings is 2. The van der Waals surface area contributed by atoms with E-state index in [0.29, 0.717) is 23.4 Å². The minimum atomic E-state index is -0.0619. The Morgan fingerprint density at radius 2 is 1.88 bits per heavy atom. The molecule has 2 aromatic carbocycles. The van der Waals surface area contributed by atoms with Crippen molar-refractivity contribution < 1.29 is 0 Å². The number of rotatable bonds is 5. The first kappa shape index (κ1) is 15.9. The Labute approximate surface area is 140 Å². The summed E-state index contributed by atoms with van der Waals surface area (Å²) in [6, 6.07) is 15.5. The molecule has 0 aliphatic rings. The molecular weight excluding hydrogens is 300 g/mol. The molecule has 0 saturated carbocycles. The van der Waals surface area contributed by atoms with E-state index in [2.05, 4.69) is 34.6 Å². The van der Waals surface area contributed by atoms with E-state index in [9.17, 15) is 4.79 Å². The SMILES string of the molecule is CCc1ccc(/C=N\Nc2nc3ccccc3c(=O)n2CC)cc1. The van der Waals surface area contributed by atoms with Gasteiger partial charge in [-0.05, 0) is 36.6 Å². The van der Waals surface area contributed by atoms with Crippen LogP contribution in [0.1, 0.15) is 25.0 Å². The van der Waals surface area contributed by atoms with Crippen LogP contribution in [0.15, 0.2) is 58.4 Å². The van der Waals surface area contributed by atoms with Crippen LogP contribution in [0.4, 0.5) is 5.95 Å². The number of hydrogen-bond donors (Lipinski definition) is 1. The average molecular weight is 320 g/mol. The summed E-state index contributed by atoms with van der Waals surface area (Å²) in [7, 11) is 0. The van der Waals surface area contributed by atoms with Gasteiger partial charge in [-0.15, -0.1) is 0 Å². The largest absolute Gasteiger partial charge is 0.277 e. The van der Waals surface area contributed by atoms with E-state index in [4.69, 9.17) is 0 Å². The van der Waals surface area contributed by atoms with Gasteiger partial charge in [0.05, 0.1) is 17.1 Å². The summed E-state index contributed by atoms with van der Waals surface area (Å²) in [6.45, 7) is 4.57. The molecule has 5 heteroatoms. The van der Waals surface area contributed by atoms with Gasteiger partial charge in [0.25, 0.3) is 5.56 Å². The Morgan fingerprint density at radius 1 is 1.12 bits per heavy atom. The molecule has 0 spiro atoms. The van der Waals surface area contributed by atoms with Crippen LogP contribution < -0.4 is 11.0 Å². The van der Waals surface area contributed by atoms with Gasteiger partial charge in [-0.2, -0.15) is 5.10 Å². The molecule has 0 amide bonds. The monoisotopic (exact) mass is 320 g/mol. The molecule has 3 rings (SSSR count). The third kappa shape index (κ3) is 3.20. The zero-order valence-corrected chi connectivity index (χ0v) is 13.9. The van der Waals surface area contributed by atoms with E-state index in [1.807, 2.05) is 37.3 Å². The lowest BCUT2D eigenvalue weighted by Gasteiger charge is -2.10. The van der Waals surface area contributed by atoms with Gasteiger partial charge in [0.15, 0.2) is 0 Å². The molecule has 122 valence electrons. The summed E-state index contributed by atoms with van der Waals surface area (Å²) >= 11 is 0. The summed E-state index contributed by atoms with van der Waals surface area (Å²) in [6.07, 6.45) is 2.74. The highest BCUT2D eigenvalue weighted by Gasteiger charge is 2.08. The third-order valence-corrected chi connectivity index (χ3v) is 3.94. The molecule has 24 heavy (non-hydrogen) atoms. The maximum Gasteiger partial charge on any atom is 0.262 e. The van der Waals surface area contributed by atoms with E-state index < -0.39 is 0 Å². The second-order valence-corrected chi connectivity index (χ2v) is 5.47. The van der Waals surface area contributed by atoms with Gasteiger partial charge >= 0.3 is 0 Å². The highest BCUT2D eigenvalue weighted by molar-refractivity contribution is 5.81. The number of anilines is 1. The van der Waals surface area contributed by atoms with E-state index in [-0.39, 0.29) is 5.56 Å². The van der Waals surface area contributed by atoms with Crippen LogP contribution in [0.3, 0.4) is 0 Å². The number of hydrazone groups is 1. The highest BCUT2D eigenvalue weighted by Crippen LogP contribution is 2.11. The molecule has 0 aliphatic carbocycles. The Morgan fingerprint density at radius 3 is 2.58 bits per heavy atom. The van der Waals surface area contributed by atoms with Crippen LogP contribution in [0.2, 0.25) is 0 Å². The quantitative estimate of drug-likeness (QED) is 0.579. The summed E-state index contributed by atoms with van der Waals surface area (Å²) in [5, 5.41) is 4.84. The lowest BCUT2D eigenvalue weighted by molar-refractivity contribution is 0.724. The van der Waals surface area contributed by atoms with Crippen LogP contribution in [-0.4, -0.2) is 15.8 Å². The Balaban J connectivity index is 1.88. The molecule has 1 N–H and O–H groups in total. The first-order chi connectivity index (χ1) is 11.7. The standard InChI is InChI=1S/C19H20N4O/c1-3-14-9-11-15(12-10-14)13-20-22-19-21-17-8-6-5-7-16(17)18(24)23(19)4-2/h5-13H,3-4H2,1-2H3,(H,21,22)/b20-13-. The van der Waals surface area contributed by atoms with Crippen LogP contribution in [0.5, 0.6) is 0 Å². The molecule has 0 atom stereocenters. The molecule has 1 heterocycles. The van der Waals surface area contributed by atoms with E-state index in [1.165, 1.54) is 5.56 Å². The van der Waals surface area contributed by atoms with Gasteiger partial charge < -0.3 is 0 Å². The number of aryl methyl sites for hydroxylation is 1. The average Bonchev–Trinajstić information content (AvgIpc) is 2.63. The molecule has 0 aliphatic heterocycles. The molecule has 0 fully saturated rings. The summed E-state index contributed by atoms with van der Waals surface area (Å²) in [5.41, 5.74) is 5.78. The van der Waals surface area contributed by atoms with E-state index >= 15 is 0 Å². The molecule has 5 nitrogen and oxygen atoms in total. The van der Waals surface area contributed by atoms with E-state index in [1.54, 1.807) is 16.8 Å². The zero-order chi connectivity index (χ0) is 16.9. The molecule has 3 aromatic rings. The van der Waals surface area contributed by atoms with Crippen molar-refractivity contribution in [1.29, 1.82) is 0 Å². The van der Waals surface area contributed by atoms with Crippen molar-refractivity contribution in [1.82, 2.24) is 9.55 Å². The van der Waals surface area contributed by atoms with Crippen LogP contribution in [0.25, 0.3) is 10.9 Å². The van der Waals surface area contributed by atoms with Crippen molar-refractivity contribution in [2.45, 2.75) is 26.8 Å². The number of aromatic nitrogens is 2. The van der Waals surface area contributed by atoms with Crippen LogP contribution in [0, 0.1) is 0 Å². The van der Waals surface area contributed by atoms with Crippen molar-refractivity contribution in [2.24, 2.45) is 5.10 Å². The number of nitrogens with zero attached hydrogens (tertiary/aromatic N) is 3. The summed E-state index contributed by atoms with van der Waals surface area (Å²) < 4.78 is 1.58. The lowest BCUT2D eigenvalue weighted by Crippen LogP contribution is -2.23. The van der Waals surface area contributed by atoms with Gasteiger partial charge in [-0.25, -0.2) is 10.4 Å². The number of hydrogen-bond acceptors (Lipinski definition) is 4. The molecule has 0 unspecified atom stereocenters. The normalized spacial score (nSPS) is 11.2. The van der Waals surface area contributed by atoms with E-state index in [0.717, 1.165) is 12.0 Å². The number of fused-ring (bicyclic) bond motifs is 1. The molecule has 0 bridgehead atoms. The Kier molecular flexibility index (Phi) is 4.70. The fraction of sp³-hybridized carbons (Fsp3) is 0.211. The predicted octanol–water partition coefficient (Wildman–Crippen LogP) is 3.42. The van der Waals surface area contributed by atoms with Crippen molar-refractivity contribution in [2.75, 3.05) is 5.43 Å². The first-order valence-corrected chi connectivity index (χ1v) is 8.10. The van der Waals surface area contributed by atoms with Crippen molar-refractivity contribution in [3.63, 3.8) is 0 Å². The molecule has 1 aromatic heterocycles. The zero-order valence-electron chi connectivity index (χ0n) is 13.9. The minimum absolute atomic E-state index is 0.0619. The second kappa shape index (κ2) is 7.08. The number of para-hydroxylation sites is 1. The topological polar surface area (TPSA) is 59.3 Å². The van der Waals surface area contributed by atoms with Gasteiger partial charge in [-0.1, -0.05) is 43.3 Å². The van der Waals surface area contributed by atoms with Crippen molar-refractivity contribution >= 4 is 23.1 Å². The predicted molar refractivity (Wildman–Crippen MR) is 98.7 cm³/mol. The van der Waals surface area contributed by atoms with Gasteiger partial charge in [0, 0.05) is 6.54 Å². The highest BCUT2D eigenvalue weighted by atomic mass is 16.1. The van der Waals surface area contributed by atoms with Crippen molar-refractivity contribution in [3.8, 4) is 0 Å². The summed E-state index contributed by atoms with van der Waals surface area (Å²) in [4.78, 5) is 17.0. The Hall–Kier alpha value is -2.95. The Bertz CT molecular complexity index is 926. The molecule has 0 radical (unpaired) electrons. The van der Waals surface area contributed by atoms with Gasteiger partial charge in [0.2, 0.25) is 5.95 Å². The minimum Gasteiger partial charge on any atom is -0.277 e. The van der Waals surface area contributed by atoms with Crippen LogP contribution >= 0.6 is 0 Å². The fourth-order valence-corrected chi connectivity index (χ4v) is 2.55. The maximum absolute atomic E-state index is 12.5. The maximum atomic E-state index is 12.5. The lowest BCUT2D eigenvalue weighted by atomic mass is 10.1. The number of nitrogens with one attached hydrogen (secondary N) is 1. The smallest absolute Gasteiger partial charge is 0.262 e. The van der Waals surface area contributed by atoms with Crippen molar-refractivity contribution in [3.05, 3.63) is 70.0 Å². The summed E-state index contributed by atoms with van der Waals surface area (Å²) in [5.74, 6) is 0.447. The molecule has 0 saturated heterocycles. The van der Waals surface area contributed by atoms with Crippen LogP contribution in [-0.2, 0) is 13.0 Å². The van der Waals surface area contributed by atoms with Gasteiger partial charge in [-0.3, -0.25) is 9.36 Å². The fourth-order valence-electron chi connectivity index (χ4n) is 2.55.